The van der Waals surface area contributed by atoms with Gasteiger partial charge in [0.25, 0.3) is 0 Å². The Balaban J connectivity index is 0. The van der Waals surface area contributed by atoms with Gasteiger partial charge in [-0.2, -0.15) is 0 Å². The summed E-state index contributed by atoms with van der Waals surface area (Å²) in [4.78, 5) is 0. The van der Waals surface area contributed by atoms with E-state index in [0.717, 1.165) is 0 Å². The van der Waals surface area contributed by atoms with E-state index in [0.29, 0.717) is 0 Å². The van der Waals surface area contributed by atoms with Gasteiger partial charge >= 0.3 is 89.1 Å². The molecule has 0 aromatic heterocycles. The Hall–Kier alpha value is 3.94. The van der Waals surface area contributed by atoms with Gasteiger partial charge in [0.2, 0.25) is 0 Å². The van der Waals surface area contributed by atoms with Gasteiger partial charge in [0.1, 0.15) is 0 Å². The first kappa shape index (κ1) is 24.6. The van der Waals surface area contributed by atoms with Crippen LogP contribution in [-0.2, 0) is 34.1 Å². The summed E-state index contributed by atoms with van der Waals surface area (Å²) in [6.45, 7) is 0. The van der Waals surface area contributed by atoms with Gasteiger partial charge in [-0.1, -0.05) is 0 Å². The summed E-state index contributed by atoms with van der Waals surface area (Å²) in [7, 11) is 0. The summed E-state index contributed by atoms with van der Waals surface area (Å²) in [5.41, 5.74) is 0. The second kappa shape index (κ2) is 15.8. The summed E-state index contributed by atoms with van der Waals surface area (Å²) in [5, 5.41) is 0. The minimum atomic E-state index is 0. The van der Waals surface area contributed by atoms with Crippen molar-refractivity contribution >= 4 is 89.1 Å². The average molecular weight is 202 g/mol. The predicted molar refractivity (Wildman–Crippen MR) is 15.7 cm³/mol. The molecule has 4 heteroatoms. The topological polar surface area (TPSA) is 0 Å². The Kier molecular flexibility index (Phi) is 97.2. The van der Waals surface area contributed by atoms with E-state index < -0.39 is 0 Å². The summed E-state index contributed by atoms with van der Waals surface area (Å²) >= 11 is 0. The van der Waals surface area contributed by atoms with E-state index >= 15 is 0 Å². The molecule has 0 N–H and O–H groups in total. The quantitative estimate of drug-likeness (QED) is 0.416. The molecule has 0 fully saturated rings. The molecule has 0 saturated heterocycles. The van der Waals surface area contributed by atoms with Crippen LogP contribution in [0.3, 0.4) is 0 Å². The van der Waals surface area contributed by atoms with Gasteiger partial charge in [0, 0.05) is 34.1 Å². The van der Waals surface area contributed by atoms with Crippen LogP contribution in [0.5, 0.6) is 0 Å². The van der Waals surface area contributed by atoms with Gasteiger partial charge in [0.15, 0.2) is 0 Å². The summed E-state index contributed by atoms with van der Waals surface area (Å²) in [6, 6.07) is 0. The van der Waals surface area contributed by atoms with E-state index in [-0.39, 0.29) is 123 Å². The third kappa shape index (κ3) is 9.33. The molecule has 0 heterocycles. The average Bonchev–Trinajstić information content (AvgIpc) is 0. The second-order valence-electron chi connectivity index (χ2n) is 0. The van der Waals surface area contributed by atoms with Crippen molar-refractivity contribution in [2.75, 3.05) is 0 Å². The van der Waals surface area contributed by atoms with E-state index in [4.69, 9.17) is 0 Å². The molecule has 0 atom stereocenters. The maximum absolute atomic E-state index is 0. The fourth-order valence-corrected chi connectivity index (χ4v) is 0. The normalized spacial score (nSPS) is 0. The Morgan fingerprint density at radius 3 is 1.00 bits per heavy atom. The number of hydrogen-bond acceptors (Lipinski definition) is 0. The molecular weight excluding hydrogens is 199 g/mol. The molecule has 0 bridgehead atoms. The first-order chi connectivity index (χ1) is 0. The van der Waals surface area contributed by atoms with Gasteiger partial charge in [-0.15, -0.1) is 0 Å². The Morgan fingerprint density at radius 2 is 1.00 bits per heavy atom. The van der Waals surface area contributed by atoms with Crippen molar-refractivity contribution in [2.24, 2.45) is 0 Å². The SMILES string of the molecule is [CaH2].[Cu].[Fe].[KH]. The van der Waals surface area contributed by atoms with E-state index in [1.807, 2.05) is 0 Å². The fraction of sp³-hybridized carbons (Fsp3) is 0. The van der Waals surface area contributed by atoms with Gasteiger partial charge in [-0.05, 0) is 0 Å². The van der Waals surface area contributed by atoms with Crippen LogP contribution in [0.15, 0.2) is 0 Å². The molecule has 4 heavy (non-hydrogen) atoms. The standard InChI is InChI=1S/Ca.Cu.Fe.K.3H. The third-order valence-corrected chi connectivity index (χ3v) is 0. The van der Waals surface area contributed by atoms with Crippen molar-refractivity contribution in [1.29, 1.82) is 0 Å². The molecule has 0 rings (SSSR count). The monoisotopic (exact) mass is 201 g/mol. The zero-order chi connectivity index (χ0) is 0. The van der Waals surface area contributed by atoms with Crippen molar-refractivity contribution in [3.05, 3.63) is 0 Å². The first-order valence-corrected chi connectivity index (χ1v) is 0. The maximum atomic E-state index is 0. The fourth-order valence-electron chi connectivity index (χ4n) is 0. The molecule has 0 saturated carbocycles. The number of rotatable bonds is 0. The second-order valence-corrected chi connectivity index (χ2v) is 0. The van der Waals surface area contributed by atoms with Crippen molar-refractivity contribution < 1.29 is 34.1 Å². The molecule has 0 amide bonds. The van der Waals surface area contributed by atoms with Gasteiger partial charge in [-0.3, -0.25) is 0 Å². The minimum absolute atomic E-state index is 0. The van der Waals surface area contributed by atoms with Gasteiger partial charge in [0.05, 0.1) is 0 Å². The van der Waals surface area contributed by atoms with Crippen LogP contribution in [0, 0.1) is 0 Å². The van der Waals surface area contributed by atoms with Crippen LogP contribution in [0.4, 0.5) is 0 Å². The molecular formula is H3CaCuFeK. The van der Waals surface area contributed by atoms with Crippen LogP contribution in [-0.4, -0.2) is 89.1 Å². The van der Waals surface area contributed by atoms with Crippen LogP contribution < -0.4 is 0 Å². The molecule has 0 spiro atoms. The number of hydrogen-bond donors (Lipinski definition) is 0. The zero-order valence-electron chi connectivity index (χ0n) is 0.655. The van der Waals surface area contributed by atoms with Crippen LogP contribution in [0.2, 0.25) is 0 Å². The molecule has 0 aliphatic carbocycles. The van der Waals surface area contributed by atoms with Crippen LogP contribution in [0.25, 0.3) is 0 Å². The van der Waals surface area contributed by atoms with Crippen molar-refractivity contribution in [3.63, 3.8) is 0 Å². The Bertz CT molecular complexity index is 8.00. The molecule has 0 aromatic rings. The summed E-state index contributed by atoms with van der Waals surface area (Å²) < 4.78 is 0. The molecule has 0 aliphatic rings. The van der Waals surface area contributed by atoms with Crippen molar-refractivity contribution in [2.45, 2.75) is 0 Å². The van der Waals surface area contributed by atoms with Gasteiger partial charge in [-0.25, -0.2) is 0 Å². The van der Waals surface area contributed by atoms with Crippen molar-refractivity contribution in [1.82, 2.24) is 0 Å². The van der Waals surface area contributed by atoms with E-state index in [9.17, 15) is 0 Å². The van der Waals surface area contributed by atoms with Crippen LogP contribution in [0.1, 0.15) is 0 Å². The van der Waals surface area contributed by atoms with Gasteiger partial charge < -0.3 is 0 Å². The first-order valence-electron chi connectivity index (χ1n) is 0. The summed E-state index contributed by atoms with van der Waals surface area (Å²) in [5.74, 6) is 0. The summed E-state index contributed by atoms with van der Waals surface area (Å²) in [6.07, 6.45) is 0. The Labute approximate surface area is 120 Å². The molecule has 0 nitrogen and oxygen atoms in total. The van der Waals surface area contributed by atoms with E-state index in [1.165, 1.54) is 0 Å². The predicted octanol–water partition coefficient (Wildman–Crippen LogP) is -1.57. The van der Waals surface area contributed by atoms with Crippen molar-refractivity contribution in [3.8, 4) is 0 Å². The molecule has 0 aromatic carbocycles. The molecule has 0 aliphatic heterocycles. The molecule has 1 radical (unpaired) electrons. The molecule has 25 valence electrons. The van der Waals surface area contributed by atoms with E-state index in [2.05, 4.69) is 0 Å². The Morgan fingerprint density at radius 1 is 1.00 bits per heavy atom. The zero-order valence-corrected chi connectivity index (χ0v) is 2.70. The van der Waals surface area contributed by atoms with Crippen LogP contribution >= 0.6 is 0 Å². The van der Waals surface area contributed by atoms with E-state index in [1.54, 1.807) is 0 Å². The third-order valence-electron chi connectivity index (χ3n) is 0. The molecule has 0 unspecified atom stereocenters.